The Balaban J connectivity index is 0. The number of hydrogen-bond donors (Lipinski definition) is 4. The Morgan fingerprint density at radius 3 is 1.64 bits per heavy atom. The van der Waals surface area contributed by atoms with Crippen LogP contribution in [0.15, 0.2) is 0 Å². The second kappa shape index (κ2) is 15.2. The van der Waals surface area contributed by atoms with Gasteiger partial charge in [-0.1, -0.05) is 33.6 Å². The zero-order valence-electron chi connectivity index (χ0n) is 14.4. The third-order valence-electron chi connectivity index (χ3n) is 3.07. The van der Waals surface area contributed by atoms with Gasteiger partial charge in [0.2, 0.25) is 0 Å². The van der Waals surface area contributed by atoms with Crippen molar-refractivity contribution in [3.05, 3.63) is 0 Å². The molecule has 0 saturated carbocycles. The molecule has 0 fully saturated rings. The summed E-state index contributed by atoms with van der Waals surface area (Å²) < 4.78 is 0. The summed E-state index contributed by atoms with van der Waals surface area (Å²) in [6, 6.07) is 0. The molecule has 0 atom stereocenters. The van der Waals surface area contributed by atoms with Crippen LogP contribution in [0.4, 0.5) is 0 Å². The zero-order valence-corrected chi connectivity index (χ0v) is 14.4. The van der Waals surface area contributed by atoms with Crippen molar-refractivity contribution in [1.82, 2.24) is 4.90 Å². The molecular weight excluding hydrogens is 286 g/mol. The Morgan fingerprint density at radius 1 is 0.864 bits per heavy atom. The lowest BCUT2D eigenvalue weighted by molar-refractivity contribution is -0.137. The van der Waals surface area contributed by atoms with E-state index in [2.05, 4.69) is 20.8 Å². The first-order valence-corrected chi connectivity index (χ1v) is 8.03. The fourth-order valence-electron chi connectivity index (χ4n) is 1.87. The maximum absolute atomic E-state index is 10.2. The van der Waals surface area contributed by atoms with Crippen LogP contribution in [0.25, 0.3) is 0 Å². The molecule has 0 unspecified atom stereocenters. The first-order valence-electron chi connectivity index (χ1n) is 8.03. The molecule has 0 amide bonds. The monoisotopic (exact) mass is 321 g/mol. The molecule has 0 aliphatic rings. The fraction of sp³-hybridized carbons (Fsp3) is 0.938. The molecule has 22 heavy (non-hydrogen) atoms. The second-order valence-corrected chi connectivity index (χ2v) is 6.53. The highest BCUT2D eigenvalue weighted by Gasteiger charge is 2.08. The van der Waals surface area contributed by atoms with Gasteiger partial charge < -0.3 is 20.4 Å². The number of aliphatic hydroxyl groups is 3. The van der Waals surface area contributed by atoms with E-state index >= 15 is 0 Å². The normalized spacial score (nSPS) is 11.2. The number of hydrogen-bond acceptors (Lipinski definition) is 5. The van der Waals surface area contributed by atoms with E-state index in [0.29, 0.717) is 31.5 Å². The van der Waals surface area contributed by atoms with E-state index < -0.39 is 5.97 Å². The van der Waals surface area contributed by atoms with E-state index in [-0.39, 0.29) is 19.8 Å². The molecule has 4 N–H and O–H groups in total. The summed E-state index contributed by atoms with van der Waals surface area (Å²) >= 11 is 0. The van der Waals surface area contributed by atoms with Crippen molar-refractivity contribution in [1.29, 1.82) is 0 Å². The van der Waals surface area contributed by atoms with Crippen LogP contribution in [0.5, 0.6) is 0 Å². The van der Waals surface area contributed by atoms with E-state index in [9.17, 15) is 4.79 Å². The van der Waals surface area contributed by atoms with Gasteiger partial charge in [0.05, 0.1) is 19.8 Å². The Hall–Kier alpha value is -0.690. The Kier molecular flexibility index (Phi) is 16.3. The van der Waals surface area contributed by atoms with Crippen molar-refractivity contribution in [2.75, 3.05) is 39.5 Å². The molecule has 0 aromatic heterocycles. The van der Waals surface area contributed by atoms with Crippen molar-refractivity contribution in [3.8, 4) is 0 Å². The Labute approximate surface area is 134 Å². The largest absolute Gasteiger partial charge is 0.481 e. The van der Waals surface area contributed by atoms with E-state index in [1.54, 1.807) is 4.90 Å². The van der Waals surface area contributed by atoms with Gasteiger partial charge in [0.1, 0.15) is 0 Å². The lowest BCUT2D eigenvalue weighted by atomic mass is 9.89. The predicted octanol–water partition coefficient (Wildman–Crippen LogP) is 1.33. The highest BCUT2D eigenvalue weighted by Crippen LogP contribution is 2.22. The molecule has 0 saturated heterocycles. The van der Waals surface area contributed by atoms with Crippen LogP contribution in [0.3, 0.4) is 0 Å². The quantitative estimate of drug-likeness (QED) is 0.428. The molecule has 0 aliphatic heterocycles. The summed E-state index contributed by atoms with van der Waals surface area (Å²) in [5.41, 5.74) is 0.392. The smallest absolute Gasteiger partial charge is 0.303 e. The summed E-state index contributed by atoms with van der Waals surface area (Å²) in [6.07, 6.45) is 4.53. The van der Waals surface area contributed by atoms with Crippen LogP contribution in [0, 0.1) is 5.41 Å². The number of aliphatic carboxylic acids is 1. The van der Waals surface area contributed by atoms with E-state index in [0.717, 1.165) is 19.3 Å². The van der Waals surface area contributed by atoms with Crippen molar-refractivity contribution >= 4 is 5.97 Å². The number of unbranched alkanes of at least 4 members (excludes halogenated alkanes) is 2. The highest BCUT2D eigenvalue weighted by atomic mass is 16.4. The number of carbonyl (C=O) groups is 1. The molecule has 134 valence electrons. The van der Waals surface area contributed by atoms with Crippen LogP contribution in [0.1, 0.15) is 52.9 Å². The summed E-state index contributed by atoms with van der Waals surface area (Å²) in [7, 11) is 0. The van der Waals surface area contributed by atoms with Gasteiger partial charge in [-0.25, -0.2) is 0 Å². The Morgan fingerprint density at radius 2 is 1.32 bits per heavy atom. The van der Waals surface area contributed by atoms with Gasteiger partial charge in [-0.3, -0.25) is 9.69 Å². The number of carboxylic acid groups (broad SMARTS) is 1. The molecule has 0 bridgehead atoms. The van der Waals surface area contributed by atoms with Crippen LogP contribution >= 0.6 is 0 Å². The van der Waals surface area contributed by atoms with Gasteiger partial charge in [-0.2, -0.15) is 0 Å². The summed E-state index contributed by atoms with van der Waals surface area (Å²) in [6.45, 7) is 8.39. The second-order valence-electron chi connectivity index (χ2n) is 6.53. The Bertz CT molecular complexity index is 239. The molecule has 0 aliphatic carbocycles. The topological polar surface area (TPSA) is 101 Å². The maximum Gasteiger partial charge on any atom is 0.303 e. The van der Waals surface area contributed by atoms with Gasteiger partial charge in [0.25, 0.3) is 0 Å². The first kappa shape index (κ1) is 23.6. The van der Waals surface area contributed by atoms with Crippen LogP contribution < -0.4 is 0 Å². The van der Waals surface area contributed by atoms with Gasteiger partial charge >= 0.3 is 5.97 Å². The third kappa shape index (κ3) is 21.6. The fourth-order valence-corrected chi connectivity index (χ4v) is 1.87. The minimum atomic E-state index is -0.675. The standard InChI is InChI=1S/C10H20O2.C6H15NO3/c1-10(2,3)8-6-4-5-7-9(11)12;8-4-1-7(2-5-9)3-6-10/h4-8H2,1-3H3,(H,11,12);8-10H,1-6H2. The van der Waals surface area contributed by atoms with Crippen LogP contribution in [-0.2, 0) is 4.79 Å². The van der Waals surface area contributed by atoms with Gasteiger partial charge in [0, 0.05) is 26.1 Å². The lowest BCUT2D eigenvalue weighted by Crippen LogP contribution is -2.32. The molecule has 6 heteroatoms. The van der Waals surface area contributed by atoms with Gasteiger partial charge in [-0.15, -0.1) is 0 Å². The number of nitrogens with zero attached hydrogens (tertiary/aromatic N) is 1. The average Bonchev–Trinajstić information content (AvgIpc) is 2.38. The van der Waals surface area contributed by atoms with Crippen molar-refractivity contribution in [3.63, 3.8) is 0 Å². The summed E-state index contributed by atoms with van der Waals surface area (Å²) in [5.74, 6) is -0.675. The number of carboxylic acids is 1. The van der Waals surface area contributed by atoms with Crippen molar-refractivity contribution in [2.45, 2.75) is 52.9 Å². The molecule has 0 radical (unpaired) electrons. The minimum Gasteiger partial charge on any atom is -0.481 e. The lowest BCUT2D eigenvalue weighted by Gasteiger charge is -2.17. The molecule has 6 nitrogen and oxygen atoms in total. The van der Waals surface area contributed by atoms with E-state index in [1.807, 2.05) is 0 Å². The average molecular weight is 321 g/mol. The van der Waals surface area contributed by atoms with Crippen LogP contribution in [-0.4, -0.2) is 70.8 Å². The first-order chi connectivity index (χ1) is 10.3. The molecular formula is C16H35NO5. The summed E-state index contributed by atoms with van der Waals surface area (Å²) in [5, 5.41) is 33.8. The van der Waals surface area contributed by atoms with Gasteiger partial charge in [0.15, 0.2) is 0 Å². The third-order valence-corrected chi connectivity index (χ3v) is 3.07. The highest BCUT2D eigenvalue weighted by molar-refractivity contribution is 5.66. The summed E-state index contributed by atoms with van der Waals surface area (Å²) in [4.78, 5) is 12.0. The maximum atomic E-state index is 10.2. The molecule has 0 aromatic rings. The zero-order chi connectivity index (χ0) is 17.4. The minimum absolute atomic E-state index is 0.0694. The molecule has 0 spiro atoms. The van der Waals surface area contributed by atoms with Crippen LogP contribution in [0.2, 0.25) is 0 Å². The van der Waals surface area contributed by atoms with Gasteiger partial charge in [-0.05, 0) is 18.3 Å². The molecule has 0 heterocycles. The number of rotatable bonds is 11. The van der Waals surface area contributed by atoms with E-state index in [1.165, 1.54) is 6.42 Å². The van der Waals surface area contributed by atoms with Crippen molar-refractivity contribution < 1.29 is 25.2 Å². The molecule has 0 rings (SSSR count). The predicted molar refractivity (Wildman–Crippen MR) is 87.9 cm³/mol. The molecule has 0 aromatic carbocycles. The van der Waals surface area contributed by atoms with E-state index in [4.69, 9.17) is 20.4 Å². The SMILES string of the molecule is CC(C)(C)CCCCCC(=O)O.OCCN(CCO)CCO. The van der Waals surface area contributed by atoms with Crippen molar-refractivity contribution in [2.24, 2.45) is 5.41 Å². The number of aliphatic hydroxyl groups excluding tert-OH is 3.